The number of para-hydroxylation sites is 2. The second kappa shape index (κ2) is 5.45. The van der Waals surface area contributed by atoms with E-state index in [1.165, 1.54) is 0 Å². The van der Waals surface area contributed by atoms with Crippen molar-refractivity contribution in [3.05, 3.63) is 55.0 Å². The number of hydrogen-bond acceptors (Lipinski definition) is 3. The third kappa shape index (κ3) is 2.40. The molecule has 2 aromatic rings. The molecule has 2 rings (SSSR count). The Bertz CT molecular complexity index is 513. The van der Waals surface area contributed by atoms with E-state index >= 15 is 0 Å². The number of rotatable bonds is 4. The summed E-state index contributed by atoms with van der Waals surface area (Å²) in [5.74, 6) is 2.48. The highest BCUT2D eigenvalue weighted by Crippen LogP contribution is 2.40. The molecule has 93 valence electrons. The van der Waals surface area contributed by atoms with E-state index < -0.39 is 0 Å². The lowest BCUT2D eigenvalue weighted by Crippen LogP contribution is -1.95. The summed E-state index contributed by atoms with van der Waals surface area (Å²) in [5, 5.41) is 0. The van der Waals surface area contributed by atoms with E-state index in [1.807, 2.05) is 42.5 Å². The van der Waals surface area contributed by atoms with Crippen LogP contribution in [0.2, 0.25) is 0 Å². The highest BCUT2D eigenvalue weighted by Gasteiger charge is 2.12. The van der Waals surface area contributed by atoms with Crippen molar-refractivity contribution in [2.45, 2.75) is 0 Å². The maximum atomic E-state index is 5.84. The fourth-order valence-corrected chi connectivity index (χ4v) is 1.63. The molecule has 2 aromatic carbocycles. The van der Waals surface area contributed by atoms with Gasteiger partial charge in [0.15, 0.2) is 11.5 Å². The number of ether oxygens (including phenoxy) is 3. The first-order valence-electron chi connectivity index (χ1n) is 5.56. The van der Waals surface area contributed by atoms with Crippen molar-refractivity contribution in [3.63, 3.8) is 0 Å². The molecule has 0 unspecified atom stereocenters. The van der Waals surface area contributed by atoms with E-state index in [1.54, 1.807) is 14.2 Å². The van der Waals surface area contributed by atoms with Crippen LogP contribution in [0.3, 0.4) is 0 Å². The molecular formula is C15H15O3. The Morgan fingerprint density at radius 1 is 0.778 bits per heavy atom. The van der Waals surface area contributed by atoms with Gasteiger partial charge in [-0.05, 0) is 30.7 Å². The SMILES string of the molecule is [CH2]c1ccccc1Oc1c(OC)cccc1OC. The van der Waals surface area contributed by atoms with Crippen LogP contribution in [0.5, 0.6) is 23.0 Å². The molecule has 0 saturated heterocycles. The van der Waals surface area contributed by atoms with Crippen LogP contribution in [0.25, 0.3) is 0 Å². The first-order valence-corrected chi connectivity index (χ1v) is 5.56. The minimum absolute atomic E-state index is 0.554. The van der Waals surface area contributed by atoms with Crippen molar-refractivity contribution < 1.29 is 14.2 Å². The summed E-state index contributed by atoms with van der Waals surface area (Å²) in [6, 6.07) is 13.0. The first-order chi connectivity index (χ1) is 8.76. The average molecular weight is 243 g/mol. The largest absolute Gasteiger partial charge is 0.493 e. The summed E-state index contributed by atoms with van der Waals surface area (Å²) in [6.45, 7) is 3.92. The molecule has 0 aromatic heterocycles. The lowest BCUT2D eigenvalue weighted by Gasteiger charge is -2.14. The molecule has 0 saturated carbocycles. The molecule has 0 aliphatic heterocycles. The zero-order valence-corrected chi connectivity index (χ0v) is 10.5. The van der Waals surface area contributed by atoms with Crippen molar-refractivity contribution in [2.24, 2.45) is 0 Å². The van der Waals surface area contributed by atoms with Crippen LogP contribution in [-0.2, 0) is 0 Å². The summed E-state index contributed by atoms with van der Waals surface area (Å²) in [6.07, 6.45) is 0. The summed E-state index contributed by atoms with van der Waals surface area (Å²) in [5.41, 5.74) is 0.811. The van der Waals surface area contributed by atoms with Gasteiger partial charge >= 0.3 is 0 Å². The van der Waals surface area contributed by atoms with E-state index in [0.717, 1.165) is 5.56 Å². The van der Waals surface area contributed by atoms with E-state index in [4.69, 9.17) is 14.2 Å². The maximum Gasteiger partial charge on any atom is 0.211 e. The molecule has 0 aliphatic carbocycles. The smallest absolute Gasteiger partial charge is 0.211 e. The molecule has 0 amide bonds. The van der Waals surface area contributed by atoms with Gasteiger partial charge in [-0.2, -0.15) is 0 Å². The lowest BCUT2D eigenvalue weighted by atomic mass is 10.2. The summed E-state index contributed by atoms with van der Waals surface area (Å²) < 4.78 is 16.4. The molecule has 1 radical (unpaired) electrons. The number of hydrogen-bond donors (Lipinski definition) is 0. The number of methoxy groups -OCH3 is 2. The molecule has 0 aliphatic rings. The van der Waals surface area contributed by atoms with E-state index in [-0.39, 0.29) is 0 Å². The van der Waals surface area contributed by atoms with Crippen molar-refractivity contribution in [1.29, 1.82) is 0 Å². The number of benzene rings is 2. The minimum Gasteiger partial charge on any atom is -0.493 e. The predicted octanol–water partition coefficient (Wildman–Crippen LogP) is 3.68. The fourth-order valence-electron chi connectivity index (χ4n) is 1.63. The van der Waals surface area contributed by atoms with Crippen molar-refractivity contribution in [3.8, 4) is 23.0 Å². The van der Waals surface area contributed by atoms with Crippen LogP contribution in [-0.4, -0.2) is 14.2 Å². The maximum absolute atomic E-state index is 5.84. The van der Waals surface area contributed by atoms with Crippen LogP contribution in [0.1, 0.15) is 5.56 Å². The Kier molecular flexibility index (Phi) is 3.72. The zero-order chi connectivity index (χ0) is 13.0. The fraction of sp³-hybridized carbons (Fsp3) is 0.133. The summed E-state index contributed by atoms with van der Waals surface area (Å²) in [7, 11) is 3.19. The van der Waals surface area contributed by atoms with Gasteiger partial charge in [0.05, 0.1) is 14.2 Å². The second-order valence-corrected chi connectivity index (χ2v) is 3.70. The lowest BCUT2D eigenvalue weighted by molar-refractivity contribution is 0.346. The van der Waals surface area contributed by atoms with Crippen molar-refractivity contribution in [2.75, 3.05) is 14.2 Å². The highest BCUT2D eigenvalue weighted by molar-refractivity contribution is 5.54. The highest BCUT2D eigenvalue weighted by atomic mass is 16.5. The van der Waals surface area contributed by atoms with Gasteiger partial charge in [-0.15, -0.1) is 0 Å². The Labute approximate surface area is 107 Å². The summed E-state index contributed by atoms with van der Waals surface area (Å²) in [4.78, 5) is 0. The average Bonchev–Trinajstić information content (AvgIpc) is 2.41. The van der Waals surface area contributed by atoms with Gasteiger partial charge in [0, 0.05) is 0 Å². The molecule has 3 heteroatoms. The molecule has 0 fully saturated rings. The van der Waals surface area contributed by atoms with Crippen LogP contribution < -0.4 is 14.2 Å². The van der Waals surface area contributed by atoms with Crippen LogP contribution in [0.15, 0.2) is 42.5 Å². The topological polar surface area (TPSA) is 27.7 Å². The molecule has 0 spiro atoms. The Balaban J connectivity index is 2.42. The normalized spacial score (nSPS) is 9.94. The standard InChI is InChI=1S/C15H15O3/c1-11-7-4-5-8-12(11)18-15-13(16-2)9-6-10-14(15)17-3/h4-10H,1H2,2-3H3. The van der Waals surface area contributed by atoms with Crippen molar-refractivity contribution in [1.82, 2.24) is 0 Å². The van der Waals surface area contributed by atoms with Crippen molar-refractivity contribution >= 4 is 0 Å². The molecule has 0 N–H and O–H groups in total. The van der Waals surface area contributed by atoms with Gasteiger partial charge in [-0.1, -0.05) is 24.3 Å². The van der Waals surface area contributed by atoms with Gasteiger partial charge in [-0.3, -0.25) is 0 Å². The van der Waals surface area contributed by atoms with Gasteiger partial charge in [0.1, 0.15) is 5.75 Å². The molecule has 0 atom stereocenters. The van der Waals surface area contributed by atoms with E-state index in [9.17, 15) is 0 Å². The monoisotopic (exact) mass is 243 g/mol. The Morgan fingerprint density at radius 3 is 1.89 bits per heavy atom. The minimum atomic E-state index is 0.554. The molecule has 0 heterocycles. The van der Waals surface area contributed by atoms with E-state index in [2.05, 4.69) is 6.92 Å². The van der Waals surface area contributed by atoms with Gasteiger partial charge in [-0.25, -0.2) is 0 Å². The van der Waals surface area contributed by atoms with E-state index in [0.29, 0.717) is 23.0 Å². The van der Waals surface area contributed by atoms with Gasteiger partial charge in [0.25, 0.3) is 0 Å². The van der Waals surface area contributed by atoms with Crippen LogP contribution in [0, 0.1) is 6.92 Å². The zero-order valence-electron chi connectivity index (χ0n) is 10.5. The van der Waals surface area contributed by atoms with Crippen LogP contribution in [0.4, 0.5) is 0 Å². The summed E-state index contributed by atoms with van der Waals surface area (Å²) >= 11 is 0. The third-order valence-electron chi connectivity index (χ3n) is 2.57. The van der Waals surface area contributed by atoms with Gasteiger partial charge < -0.3 is 14.2 Å². The molecular weight excluding hydrogens is 228 g/mol. The first kappa shape index (κ1) is 12.3. The Morgan fingerprint density at radius 2 is 1.33 bits per heavy atom. The molecule has 3 nitrogen and oxygen atoms in total. The molecule has 18 heavy (non-hydrogen) atoms. The van der Waals surface area contributed by atoms with Gasteiger partial charge in [0.2, 0.25) is 5.75 Å². The molecule has 0 bridgehead atoms. The third-order valence-corrected chi connectivity index (χ3v) is 2.57. The Hall–Kier alpha value is -2.16. The second-order valence-electron chi connectivity index (χ2n) is 3.70. The predicted molar refractivity (Wildman–Crippen MR) is 70.5 cm³/mol. The quantitative estimate of drug-likeness (QED) is 0.819. The van der Waals surface area contributed by atoms with Crippen LogP contribution >= 0.6 is 0 Å².